The van der Waals surface area contributed by atoms with Crippen molar-refractivity contribution in [3.05, 3.63) is 58.3 Å². The minimum atomic E-state index is -0.200. The zero-order valence-electron chi connectivity index (χ0n) is 11.6. The van der Waals surface area contributed by atoms with Crippen LogP contribution in [0.4, 0.5) is 10.2 Å². The second-order valence-corrected chi connectivity index (χ2v) is 5.76. The van der Waals surface area contributed by atoms with Gasteiger partial charge in [0.1, 0.15) is 10.4 Å². The summed E-state index contributed by atoms with van der Waals surface area (Å²) < 4.78 is 16.3. The molecule has 21 heavy (non-hydrogen) atoms. The summed E-state index contributed by atoms with van der Waals surface area (Å²) in [4.78, 5) is 8.69. The van der Waals surface area contributed by atoms with E-state index in [2.05, 4.69) is 31.2 Å². The Kier molecular flexibility index (Phi) is 3.63. The predicted molar refractivity (Wildman–Crippen MR) is 83.9 cm³/mol. The zero-order chi connectivity index (χ0) is 15.0. The summed E-state index contributed by atoms with van der Waals surface area (Å²) >= 11 is 3.38. The van der Waals surface area contributed by atoms with Crippen molar-refractivity contribution in [2.75, 3.05) is 5.32 Å². The quantitative estimate of drug-likeness (QED) is 0.774. The number of hydrogen-bond acceptors (Lipinski definition) is 3. The smallest absolute Gasteiger partial charge is 0.180 e. The average Bonchev–Trinajstić information content (AvgIpc) is 2.90. The number of aryl methyl sites for hydroxylation is 1. The molecule has 0 bridgehead atoms. The molecule has 4 nitrogen and oxygen atoms in total. The van der Waals surface area contributed by atoms with E-state index in [4.69, 9.17) is 0 Å². The van der Waals surface area contributed by atoms with Crippen LogP contribution in [-0.4, -0.2) is 14.4 Å². The first-order valence-electron chi connectivity index (χ1n) is 6.56. The highest BCUT2D eigenvalue weighted by atomic mass is 79.9. The van der Waals surface area contributed by atoms with Gasteiger partial charge in [0.2, 0.25) is 0 Å². The third kappa shape index (κ3) is 2.76. The second kappa shape index (κ2) is 5.44. The predicted octanol–water partition coefficient (Wildman–Crippen LogP) is 4.11. The summed E-state index contributed by atoms with van der Waals surface area (Å²) in [5.74, 6) is 0.456. The number of nitrogens with one attached hydrogen (secondary N) is 1. The van der Waals surface area contributed by atoms with Crippen LogP contribution in [0, 0.1) is 12.7 Å². The van der Waals surface area contributed by atoms with E-state index in [0.29, 0.717) is 16.0 Å². The standard InChI is InChI=1S/C15H14BrFN4/c1-9-3-4-11(7-12(9)17)10(2)19-14-15-18-5-6-21(15)8-13(16)20-14/h3-8,10H,1-2H3,(H,19,20). The Hall–Kier alpha value is -1.95. The fourth-order valence-electron chi connectivity index (χ4n) is 2.16. The Bertz CT molecular complexity index is 799. The fourth-order valence-corrected chi connectivity index (χ4v) is 2.56. The molecule has 0 saturated heterocycles. The van der Waals surface area contributed by atoms with Crippen LogP contribution in [0.25, 0.3) is 5.65 Å². The number of anilines is 1. The molecule has 0 radical (unpaired) electrons. The molecule has 1 atom stereocenters. The largest absolute Gasteiger partial charge is 0.360 e. The first kappa shape index (κ1) is 14.0. The topological polar surface area (TPSA) is 42.2 Å². The van der Waals surface area contributed by atoms with Gasteiger partial charge in [-0.05, 0) is 47.0 Å². The van der Waals surface area contributed by atoms with E-state index in [0.717, 1.165) is 11.2 Å². The normalized spacial score (nSPS) is 12.6. The lowest BCUT2D eigenvalue weighted by Gasteiger charge is -2.16. The zero-order valence-corrected chi connectivity index (χ0v) is 13.2. The summed E-state index contributed by atoms with van der Waals surface area (Å²) in [6.07, 6.45) is 5.40. The molecule has 2 heterocycles. The molecule has 0 amide bonds. The highest BCUT2D eigenvalue weighted by Crippen LogP contribution is 2.23. The first-order chi connectivity index (χ1) is 10.0. The number of imidazole rings is 1. The maximum atomic E-state index is 13.7. The molecule has 0 spiro atoms. The molecule has 1 N–H and O–H groups in total. The summed E-state index contributed by atoms with van der Waals surface area (Å²) in [6.45, 7) is 3.72. The molecule has 6 heteroatoms. The molecule has 0 aliphatic rings. The van der Waals surface area contributed by atoms with Crippen LogP contribution in [0.15, 0.2) is 41.4 Å². The lowest BCUT2D eigenvalue weighted by Crippen LogP contribution is -2.10. The molecule has 3 rings (SSSR count). The highest BCUT2D eigenvalue weighted by molar-refractivity contribution is 9.10. The van der Waals surface area contributed by atoms with Crippen molar-refractivity contribution in [2.24, 2.45) is 0 Å². The van der Waals surface area contributed by atoms with Gasteiger partial charge in [-0.15, -0.1) is 0 Å². The monoisotopic (exact) mass is 348 g/mol. The molecule has 3 aromatic rings. The Labute approximate surface area is 130 Å². The van der Waals surface area contributed by atoms with Crippen molar-refractivity contribution in [1.82, 2.24) is 14.4 Å². The number of rotatable bonds is 3. The number of fused-ring (bicyclic) bond motifs is 1. The fraction of sp³-hybridized carbons (Fsp3) is 0.200. The number of hydrogen-bond donors (Lipinski definition) is 1. The van der Waals surface area contributed by atoms with Crippen LogP contribution in [-0.2, 0) is 0 Å². The van der Waals surface area contributed by atoms with Gasteiger partial charge >= 0.3 is 0 Å². The average molecular weight is 349 g/mol. The number of halogens is 2. The molecular formula is C15H14BrFN4. The third-order valence-electron chi connectivity index (χ3n) is 3.39. The van der Waals surface area contributed by atoms with Crippen LogP contribution in [0.1, 0.15) is 24.1 Å². The Balaban J connectivity index is 1.94. The Morgan fingerprint density at radius 3 is 2.95 bits per heavy atom. The minimum Gasteiger partial charge on any atom is -0.360 e. The number of nitrogens with zero attached hydrogens (tertiary/aromatic N) is 3. The molecule has 0 saturated carbocycles. The van der Waals surface area contributed by atoms with Gasteiger partial charge in [-0.2, -0.15) is 0 Å². The molecule has 0 fully saturated rings. The van der Waals surface area contributed by atoms with E-state index in [9.17, 15) is 4.39 Å². The molecule has 2 aromatic heterocycles. The molecule has 108 valence electrons. The molecule has 0 aliphatic carbocycles. The van der Waals surface area contributed by atoms with Gasteiger partial charge in [0.05, 0.1) is 6.04 Å². The van der Waals surface area contributed by atoms with E-state index < -0.39 is 0 Å². The van der Waals surface area contributed by atoms with Gasteiger partial charge in [0.25, 0.3) is 0 Å². The van der Waals surface area contributed by atoms with Gasteiger partial charge < -0.3 is 9.72 Å². The van der Waals surface area contributed by atoms with Crippen molar-refractivity contribution < 1.29 is 4.39 Å². The molecule has 0 aliphatic heterocycles. The highest BCUT2D eigenvalue weighted by Gasteiger charge is 2.12. The lowest BCUT2D eigenvalue weighted by molar-refractivity contribution is 0.614. The number of benzene rings is 1. The molecule has 1 unspecified atom stereocenters. The SMILES string of the molecule is Cc1ccc(C(C)Nc2nc(Br)cn3ccnc23)cc1F. The maximum absolute atomic E-state index is 13.7. The maximum Gasteiger partial charge on any atom is 0.180 e. The van der Waals surface area contributed by atoms with Crippen LogP contribution < -0.4 is 5.32 Å². The molecule has 1 aromatic carbocycles. The van der Waals surface area contributed by atoms with Crippen molar-refractivity contribution in [2.45, 2.75) is 19.9 Å². The van der Waals surface area contributed by atoms with Gasteiger partial charge in [0.15, 0.2) is 11.5 Å². The minimum absolute atomic E-state index is 0.0811. The second-order valence-electron chi connectivity index (χ2n) is 4.94. The number of aromatic nitrogens is 3. The van der Waals surface area contributed by atoms with Gasteiger partial charge in [-0.3, -0.25) is 0 Å². The lowest BCUT2D eigenvalue weighted by atomic mass is 10.1. The van der Waals surface area contributed by atoms with Crippen molar-refractivity contribution in [3.63, 3.8) is 0 Å². The Morgan fingerprint density at radius 1 is 1.38 bits per heavy atom. The van der Waals surface area contributed by atoms with Crippen molar-refractivity contribution >= 4 is 27.4 Å². The molecular weight excluding hydrogens is 335 g/mol. The van der Waals surface area contributed by atoms with Crippen molar-refractivity contribution in [3.8, 4) is 0 Å². The summed E-state index contributed by atoms with van der Waals surface area (Å²) in [6, 6.07) is 5.16. The van der Waals surface area contributed by atoms with E-state index in [1.807, 2.05) is 29.8 Å². The van der Waals surface area contributed by atoms with Crippen LogP contribution in [0.2, 0.25) is 0 Å². The van der Waals surface area contributed by atoms with Gasteiger partial charge in [-0.1, -0.05) is 12.1 Å². The third-order valence-corrected chi connectivity index (χ3v) is 3.78. The van der Waals surface area contributed by atoms with Gasteiger partial charge in [0, 0.05) is 18.6 Å². The van der Waals surface area contributed by atoms with E-state index in [1.165, 1.54) is 0 Å². The van der Waals surface area contributed by atoms with Crippen LogP contribution in [0.3, 0.4) is 0 Å². The Morgan fingerprint density at radius 2 is 2.19 bits per heavy atom. The van der Waals surface area contributed by atoms with Crippen LogP contribution in [0.5, 0.6) is 0 Å². The van der Waals surface area contributed by atoms with E-state index in [-0.39, 0.29) is 11.9 Å². The first-order valence-corrected chi connectivity index (χ1v) is 7.35. The van der Waals surface area contributed by atoms with Crippen molar-refractivity contribution in [1.29, 1.82) is 0 Å². The van der Waals surface area contributed by atoms with E-state index >= 15 is 0 Å². The van der Waals surface area contributed by atoms with E-state index in [1.54, 1.807) is 25.3 Å². The summed E-state index contributed by atoms with van der Waals surface area (Å²) in [5.41, 5.74) is 2.24. The summed E-state index contributed by atoms with van der Waals surface area (Å²) in [7, 11) is 0. The van der Waals surface area contributed by atoms with Crippen LogP contribution >= 0.6 is 15.9 Å². The summed E-state index contributed by atoms with van der Waals surface area (Å²) in [5, 5.41) is 3.28. The van der Waals surface area contributed by atoms with Gasteiger partial charge in [-0.25, -0.2) is 14.4 Å².